The molecule has 0 saturated carbocycles. The number of aromatic hydroxyl groups is 1. The van der Waals surface area contributed by atoms with Crippen LogP contribution in [0.15, 0.2) is 52.3 Å². The van der Waals surface area contributed by atoms with E-state index in [2.05, 4.69) is 4.99 Å². The Balaban J connectivity index is 1.77. The summed E-state index contributed by atoms with van der Waals surface area (Å²) in [5, 5.41) is 10.8. The number of hydrogen-bond acceptors (Lipinski definition) is 4. The lowest BCUT2D eigenvalue weighted by Crippen LogP contribution is -2.14. The number of aliphatic imine (C=N–C) groups is 1. The number of para-hydroxylation sites is 1. The third-order valence-corrected chi connectivity index (χ3v) is 5.69. The van der Waals surface area contributed by atoms with E-state index in [0.717, 1.165) is 38.4 Å². The number of aromatic nitrogens is 1. The maximum atomic E-state index is 14.0. The summed E-state index contributed by atoms with van der Waals surface area (Å²) < 4.78 is 15.2. The molecule has 27 heavy (non-hydrogen) atoms. The van der Waals surface area contributed by atoms with Gasteiger partial charge in [-0.05, 0) is 31.2 Å². The highest BCUT2D eigenvalue weighted by atomic mass is 35.5. The van der Waals surface area contributed by atoms with E-state index in [1.54, 1.807) is 12.1 Å². The van der Waals surface area contributed by atoms with E-state index in [4.69, 9.17) is 11.6 Å². The third-order valence-electron chi connectivity index (χ3n) is 4.42. The van der Waals surface area contributed by atoms with Gasteiger partial charge in [-0.3, -0.25) is 14.4 Å². The number of benzene rings is 2. The molecule has 0 fully saturated rings. The molecule has 3 aromatic rings. The molecule has 0 unspecified atom stereocenters. The lowest BCUT2D eigenvalue weighted by molar-refractivity contribution is 0.418. The quantitative estimate of drug-likeness (QED) is 0.664. The Bertz CT molecular complexity index is 1160. The van der Waals surface area contributed by atoms with Crippen molar-refractivity contribution >= 4 is 46.0 Å². The number of rotatable bonds is 3. The molecule has 0 radical (unpaired) electrons. The van der Waals surface area contributed by atoms with E-state index in [1.807, 2.05) is 31.2 Å². The second-order valence-electron chi connectivity index (χ2n) is 6.11. The van der Waals surface area contributed by atoms with Gasteiger partial charge in [-0.25, -0.2) is 4.39 Å². The van der Waals surface area contributed by atoms with Crippen LogP contribution in [0.2, 0.25) is 5.02 Å². The van der Waals surface area contributed by atoms with Gasteiger partial charge in [-0.2, -0.15) is 0 Å². The van der Waals surface area contributed by atoms with Gasteiger partial charge >= 0.3 is 4.87 Å². The van der Waals surface area contributed by atoms with Crippen LogP contribution in [-0.2, 0) is 6.54 Å². The second kappa shape index (κ2) is 6.79. The first-order valence-electron chi connectivity index (χ1n) is 8.18. The first kappa shape index (κ1) is 17.7. The smallest absolute Gasteiger partial charge is 0.310 e. The van der Waals surface area contributed by atoms with Crippen LogP contribution in [0.25, 0.3) is 11.6 Å². The third kappa shape index (κ3) is 3.11. The van der Waals surface area contributed by atoms with Gasteiger partial charge in [0.25, 0.3) is 0 Å². The molecular weight excluding hydrogens is 387 g/mol. The Labute approximate surface area is 163 Å². The average molecular weight is 401 g/mol. The molecule has 7 heteroatoms. The number of fused-ring (bicyclic) bond motifs is 1. The van der Waals surface area contributed by atoms with Crippen LogP contribution >= 0.6 is 22.9 Å². The monoisotopic (exact) mass is 400 g/mol. The molecule has 1 aliphatic heterocycles. The molecular formula is C20H14ClFN2O2S. The molecule has 4 nitrogen and oxygen atoms in total. The Morgan fingerprint density at radius 2 is 2.04 bits per heavy atom. The molecule has 1 aromatic heterocycles. The van der Waals surface area contributed by atoms with Gasteiger partial charge in [0.2, 0.25) is 5.88 Å². The van der Waals surface area contributed by atoms with Crippen LogP contribution in [-0.4, -0.2) is 15.4 Å². The zero-order valence-corrected chi connectivity index (χ0v) is 15.8. The number of thiazole rings is 1. The minimum atomic E-state index is -0.521. The fourth-order valence-corrected chi connectivity index (χ4v) is 4.09. The lowest BCUT2D eigenvalue weighted by Gasteiger charge is -2.07. The van der Waals surface area contributed by atoms with Crippen molar-refractivity contribution in [3.8, 4) is 5.88 Å². The maximum absolute atomic E-state index is 14.0. The molecule has 1 aliphatic rings. The van der Waals surface area contributed by atoms with E-state index in [9.17, 15) is 14.3 Å². The summed E-state index contributed by atoms with van der Waals surface area (Å²) in [7, 11) is 0. The molecule has 0 aliphatic carbocycles. The first-order valence-corrected chi connectivity index (χ1v) is 9.37. The molecule has 0 saturated heterocycles. The minimum Gasteiger partial charge on any atom is -0.493 e. The van der Waals surface area contributed by atoms with Gasteiger partial charge < -0.3 is 5.11 Å². The van der Waals surface area contributed by atoms with Crippen molar-refractivity contribution < 1.29 is 9.50 Å². The van der Waals surface area contributed by atoms with Gasteiger partial charge in [-0.15, -0.1) is 0 Å². The summed E-state index contributed by atoms with van der Waals surface area (Å²) in [5.41, 5.74) is 3.61. The predicted octanol–water partition coefficient (Wildman–Crippen LogP) is 5.10. The SMILES string of the molecule is CC1=Nc2ccccc2C1=Cc1sc(=O)n(Cc2c(F)cccc2Cl)c1O. The van der Waals surface area contributed by atoms with Gasteiger partial charge in [0, 0.05) is 27.4 Å². The van der Waals surface area contributed by atoms with Crippen LogP contribution in [0.4, 0.5) is 10.1 Å². The highest BCUT2D eigenvalue weighted by Crippen LogP contribution is 2.37. The largest absolute Gasteiger partial charge is 0.493 e. The first-order chi connectivity index (χ1) is 13.0. The van der Waals surface area contributed by atoms with Crippen LogP contribution in [0.5, 0.6) is 5.88 Å². The minimum absolute atomic E-state index is 0.139. The van der Waals surface area contributed by atoms with Gasteiger partial charge in [0.05, 0.1) is 17.1 Å². The van der Waals surface area contributed by atoms with E-state index in [0.29, 0.717) is 4.88 Å². The second-order valence-corrected chi connectivity index (χ2v) is 7.51. The molecule has 2 aromatic carbocycles. The van der Waals surface area contributed by atoms with Crippen molar-refractivity contribution in [3.63, 3.8) is 0 Å². The standard InChI is InChI=1S/C20H14ClFN2O2S/c1-11-13(12-5-2-3-8-17(12)23-11)9-18-19(25)24(20(26)27-18)10-14-15(21)6-4-7-16(14)22/h2-9,25H,10H2,1H3. The van der Waals surface area contributed by atoms with Crippen molar-refractivity contribution in [3.05, 3.63) is 79.0 Å². The van der Waals surface area contributed by atoms with E-state index in [-0.39, 0.29) is 27.9 Å². The Morgan fingerprint density at radius 3 is 2.81 bits per heavy atom. The summed E-state index contributed by atoms with van der Waals surface area (Å²) >= 11 is 6.94. The van der Waals surface area contributed by atoms with Crippen molar-refractivity contribution in [2.24, 2.45) is 4.99 Å². The normalized spacial score (nSPS) is 14.5. The highest BCUT2D eigenvalue weighted by molar-refractivity contribution is 7.10. The highest BCUT2D eigenvalue weighted by Gasteiger charge is 2.20. The topological polar surface area (TPSA) is 54.6 Å². The molecule has 0 atom stereocenters. The van der Waals surface area contributed by atoms with Crippen LogP contribution in [0.1, 0.15) is 22.9 Å². The maximum Gasteiger partial charge on any atom is 0.310 e. The number of nitrogens with zero attached hydrogens (tertiary/aromatic N) is 2. The predicted molar refractivity (Wildman–Crippen MR) is 108 cm³/mol. The van der Waals surface area contributed by atoms with Crippen molar-refractivity contribution in [1.29, 1.82) is 0 Å². The molecule has 2 heterocycles. The Morgan fingerprint density at radius 1 is 1.26 bits per heavy atom. The van der Waals surface area contributed by atoms with Crippen LogP contribution < -0.4 is 4.87 Å². The fraction of sp³-hybridized carbons (Fsp3) is 0.100. The zero-order chi connectivity index (χ0) is 19.1. The summed E-state index contributed by atoms with van der Waals surface area (Å²) in [4.78, 5) is 16.9. The molecule has 1 N–H and O–H groups in total. The van der Waals surface area contributed by atoms with Gasteiger partial charge in [-0.1, -0.05) is 47.2 Å². The van der Waals surface area contributed by atoms with Crippen molar-refractivity contribution in [1.82, 2.24) is 4.57 Å². The van der Waals surface area contributed by atoms with Crippen LogP contribution in [0, 0.1) is 5.82 Å². The van der Waals surface area contributed by atoms with E-state index >= 15 is 0 Å². The molecule has 0 amide bonds. The Hall–Kier alpha value is -2.70. The molecule has 136 valence electrons. The van der Waals surface area contributed by atoms with E-state index < -0.39 is 5.82 Å². The summed E-state index contributed by atoms with van der Waals surface area (Å²) in [5.74, 6) is -0.735. The summed E-state index contributed by atoms with van der Waals surface area (Å²) in [6.07, 6.45) is 1.74. The molecule has 0 bridgehead atoms. The molecule has 0 spiro atoms. The summed E-state index contributed by atoms with van der Waals surface area (Å²) in [6.45, 7) is 1.74. The van der Waals surface area contributed by atoms with Crippen molar-refractivity contribution in [2.75, 3.05) is 0 Å². The van der Waals surface area contributed by atoms with Gasteiger partial charge in [0.1, 0.15) is 5.82 Å². The van der Waals surface area contributed by atoms with Crippen molar-refractivity contribution in [2.45, 2.75) is 13.5 Å². The zero-order valence-electron chi connectivity index (χ0n) is 14.2. The van der Waals surface area contributed by atoms with E-state index in [1.165, 1.54) is 12.1 Å². The number of allylic oxidation sites excluding steroid dienone is 1. The average Bonchev–Trinajstić information content (AvgIpc) is 3.09. The number of hydrogen-bond donors (Lipinski definition) is 1. The Kier molecular flexibility index (Phi) is 4.45. The summed E-state index contributed by atoms with van der Waals surface area (Å²) in [6, 6.07) is 12.0. The van der Waals surface area contributed by atoms with Crippen LogP contribution in [0.3, 0.4) is 0 Å². The van der Waals surface area contributed by atoms with Gasteiger partial charge in [0.15, 0.2) is 0 Å². The fourth-order valence-electron chi connectivity index (χ4n) is 3.04. The number of halogens is 2. The lowest BCUT2D eigenvalue weighted by atomic mass is 10.0. The molecule has 4 rings (SSSR count).